The minimum atomic E-state index is -0.360. The molecule has 10 aliphatic heterocycles. The Hall–Kier alpha value is -12.6. The van der Waals surface area contributed by atoms with Crippen molar-refractivity contribution in [3.63, 3.8) is 0 Å². The molecule has 0 N–H and O–H groups in total. The van der Waals surface area contributed by atoms with Gasteiger partial charge in [-0.2, -0.15) is 15.8 Å². The van der Waals surface area contributed by atoms with Crippen molar-refractivity contribution in [2.75, 3.05) is 180 Å². The molecule has 21 rings (SSSR count). The van der Waals surface area contributed by atoms with Crippen LogP contribution >= 0.6 is 23.2 Å². The molecule has 0 spiro atoms. The first kappa shape index (κ1) is 101. The number of aromatic nitrogens is 14. The van der Waals surface area contributed by atoms with E-state index in [-0.39, 0.29) is 23.0 Å². The van der Waals surface area contributed by atoms with Crippen LogP contribution in [0.4, 0.5) is 68.5 Å². The van der Waals surface area contributed by atoms with Gasteiger partial charge in [-0.1, -0.05) is 29.3 Å². The minimum absolute atomic E-state index is 0.0439. The Morgan fingerprint density at radius 3 is 0.944 bits per heavy atom. The van der Waals surface area contributed by atoms with E-state index in [0.717, 1.165) is 302 Å². The van der Waals surface area contributed by atoms with Gasteiger partial charge in [0, 0.05) is 234 Å². The molecule has 10 aromatic rings. The van der Waals surface area contributed by atoms with Gasteiger partial charge in [0.25, 0.3) is 0 Å². The molecule has 1 saturated carbocycles. The highest BCUT2D eigenvalue weighted by molar-refractivity contribution is 6.33. The average Bonchev–Trinajstić information content (AvgIpc) is 0.900. The molecule has 29 nitrogen and oxygen atoms in total. The minimum Gasteiger partial charge on any atom is -0.372 e. The number of nitrogens with zero attached hydrogens (tertiary/aromatic N) is 28. The van der Waals surface area contributed by atoms with Crippen molar-refractivity contribution in [1.82, 2.24) is 69.8 Å². The van der Waals surface area contributed by atoms with Crippen molar-refractivity contribution < 1.29 is 9.18 Å². The zero-order chi connectivity index (χ0) is 98.4. The number of carbonyl (C=O) groups is 1. The van der Waals surface area contributed by atoms with Crippen molar-refractivity contribution in [2.24, 2.45) is 65.1 Å². The van der Waals surface area contributed by atoms with Crippen LogP contribution in [0, 0.1) is 146 Å². The number of anilines is 10. The van der Waals surface area contributed by atoms with Crippen molar-refractivity contribution in [3.8, 4) is 18.2 Å². The van der Waals surface area contributed by atoms with Crippen LogP contribution in [0.3, 0.4) is 0 Å². The van der Waals surface area contributed by atoms with E-state index in [1.165, 1.54) is 122 Å². The van der Waals surface area contributed by atoms with Crippen LogP contribution in [0.2, 0.25) is 10.0 Å². The summed E-state index contributed by atoms with van der Waals surface area (Å²) in [6.45, 7) is 37.9. The number of nitriles is 3. The Balaban J connectivity index is 0.000000122. The Morgan fingerprint density at radius 2 is 0.648 bits per heavy atom. The van der Waals surface area contributed by atoms with Crippen LogP contribution in [-0.4, -0.2) is 206 Å². The molecule has 11 aliphatic rings. The third-order valence-electron chi connectivity index (χ3n) is 31.8. The van der Waals surface area contributed by atoms with Crippen LogP contribution < -0.4 is 49.0 Å². The number of piperidine rings is 10. The second-order valence-electron chi connectivity index (χ2n) is 41.0. The summed E-state index contributed by atoms with van der Waals surface area (Å²) in [4.78, 5) is 100. The van der Waals surface area contributed by atoms with E-state index in [0.29, 0.717) is 39.3 Å². The van der Waals surface area contributed by atoms with Gasteiger partial charge in [0.2, 0.25) is 41.3 Å². The molecule has 0 unspecified atom stereocenters. The first-order valence-electron chi connectivity index (χ1n) is 51.9. The number of carbonyl (C=O) groups excluding carboxylic acids is 1. The lowest BCUT2D eigenvalue weighted by Gasteiger charge is -2.41. The summed E-state index contributed by atoms with van der Waals surface area (Å²) in [5.74, 6) is 14.2. The largest absolute Gasteiger partial charge is 0.372 e. The lowest BCUT2D eigenvalue weighted by molar-refractivity contribution is 0.0972. The molecule has 742 valence electrons. The second-order valence-corrected chi connectivity index (χ2v) is 41.8. The maximum absolute atomic E-state index is 14.6. The molecular weight excluding hydrogens is 1820 g/mol. The van der Waals surface area contributed by atoms with Gasteiger partial charge in [0.15, 0.2) is 5.78 Å². The third-order valence-corrected chi connectivity index (χ3v) is 32.4. The standard InChI is InChI=1S/C26H33FN4O.2C22H26ClN5.2C20H25N7/c1-18-16-28-26(29-17-18)31-12-8-21(9-13-31)20-6-10-30(11-7-20)22-4-5-23(24(27)15-22)25(32)14-19-2-3-19;1-16-14-25-22(26-15-16)28-11-7-18(8-12-28)17-5-9-27(10-6-17)19-3-4-21(24-2)20(23)13-19;1-16-14-25-22(26-15-16)28-10-6-18(7-11-28)17-4-8-27(9-5-17)20-3-2-19(13-24)21(23)12-20;1-15-13-23-20(24-14-15)27-10-5-17(6-11-27)16-3-8-26(9-4-16)19-2-7-22-18(12-21)25-19;1-15-12-22-20(23-13-15)27-8-4-17(5-9-27)16-2-6-26(7-3-16)19-10-18(11-21)24-14-25-19/h4-5,15-17,19-21H,2-3,6-14H2,1H3;3-4,13-15,17-18H,5-12H2,1H3;2-3,12,14-15,17-18H,4-11H2,1H3;2,7,13-14,16-17H,3-6,8-11H2,1H3;10,12-14,16-17H,2-9H2,1H3. The highest BCUT2D eigenvalue weighted by Crippen LogP contribution is 2.43. The summed E-state index contributed by atoms with van der Waals surface area (Å²) in [5.41, 5.74) is 10.5. The summed E-state index contributed by atoms with van der Waals surface area (Å²) in [5, 5.41) is 28.1. The molecule has 11 fully saturated rings. The van der Waals surface area contributed by atoms with Gasteiger partial charge in [0.05, 0.1) is 22.7 Å². The molecule has 7 aromatic heterocycles. The number of ketones is 1. The van der Waals surface area contributed by atoms with Crippen LogP contribution in [0.15, 0.2) is 141 Å². The van der Waals surface area contributed by atoms with Crippen molar-refractivity contribution in [2.45, 2.75) is 182 Å². The fourth-order valence-electron chi connectivity index (χ4n) is 23.0. The Bertz CT molecular complexity index is 5630. The lowest BCUT2D eigenvalue weighted by Crippen LogP contribution is -2.41. The fraction of sp³-hybridized carbons (Fsp3) is 0.536. The SMILES string of the molecule is Cc1cnc(N2CCC(C3CCN(c4cc(C#N)ncn4)CC3)CC2)nc1.Cc1cnc(N2CCC(C3CCN(c4ccc(C#N)c(Cl)c4)CC3)CC2)nc1.Cc1cnc(N2CCC(C3CCN(c4ccc(C(=O)CC5CC5)c(F)c4)CC3)CC2)nc1.Cc1cnc(N2CCC(C3CCN(c4ccnc(C#N)n4)CC3)CC2)nc1.[C-]#[N+]c1ccc(N2CCC(C3CCN(c4ncc(C)cn4)CC3)CC2)cc1Cl. The maximum Gasteiger partial charge on any atom is 0.234 e. The monoisotopic (exact) mass is 1950 g/mol. The lowest BCUT2D eigenvalue weighted by atomic mass is 9.78. The van der Waals surface area contributed by atoms with E-state index >= 15 is 0 Å². The first-order chi connectivity index (χ1) is 69.3. The van der Waals surface area contributed by atoms with Crippen molar-refractivity contribution in [1.29, 1.82) is 15.8 Å². The second kappa shape index (κ2) is 48.9. The van der Waals surface area contributed by atoms with E-state index in [9.17, 15) is 9.18 Å². The van der Waals surface area contributed by atoms with E-state index < -0.39 is 0 Å². The summed E-state index contributed by atoms with van der Waals surface area (Å²) < 4.78 is 14.6. The molecule has 32 heteroatoms. The van der Waals surface area contributed by atoms with Crippen LogP contribution in [-0.2, 0) is 0 Å². The van der Waals surface area contributed by atoms with E-state index in [2.05, 4.69) is 136 Å². The first-order valence-corrected chi connectivity index (χ1v) is 52.6. The van der Waals surface area contributed by atoms with Gasteiger partial charge in [0.1, 0.15) is 47.7 Å². The highest BCUT2D eigenvalue weighted by Gasteiger charge is 2.38. The number of hydrogen-bond donors (Lipinski definition) is 0. The topological polar surface area (TPSA) is 306 Å². The van der Waals surface area contributed by atoms with Gasteiger partial charge in [-0.3, -0.25) is 4.79 Å². The molecule has 3 aromatic carbocycles. The number of Topliss-reactive ketones (excluding diaryl/α,β-unsaturated/α-hetero) is 1. The summed E-state index contributed by atoms with van der Waals surface area (Å²) in [7, 11) is 0. The van der Waals surface area contributed by atoms with E-state index in [1.54, 1.807) is 24.4 Å². The van der Waals surface area contributed by atoms with Crippen molar-refractivity contribution >= 4 is 93.1 Å². The summed E-state index contributed by atoms with van der Waals surface area (Å²) >= 11 is 12.4. The molecule has 0 amide bonds. The number of hydrogen-bond acceptors (Lipinski definition) is 28. The number of benzene rings is 3. The Morgan fingerprint density at radius 1 is 0.345 bits per heavy atom. The summed E-state index contributed by atoms with van der Waals surface area (Å²) in [6, 6.07) is 26.7. The smallest absolute Gasteiger partial charge is 0.234 e. The normalized spacial score (nSPS) is 19.4. The van der Waals surface area contributed by atoms with E-state index in [1.807, 2.05) is 151 Å². The molecule has 0 atom stereocenters. The quantitative estimate of drug-likeness (QED) is 0.0569. The zero-order valence-electron chi connectivity index (χ0n) is 83.1. The van der Waals surface area contributed by atoms with Gasteiger partial charge >= 0.3 is 0 Å². The zero-order valence-corrected chi connectivity index (χ0v) is 84.6. The van der Waals surface area contributed by atoms with Gasteiger partial charge < -0.3 is 49.0 Å². The van der Waals surface area contributed by atoms with Gasteiger partial charge in [-0.05, 0) is 323 Å². The Labute approximate surface area is 847 Å². The number of halogens is 3. The molecule has 1 aliphatic carbocycles. The molecule has 142 heavy (non-hydrogen) atoms. The van der Waals surface area contributed by atoms with Crippen LogP contribution in [0.1, 0.15) is 203 Å². The maximum atomic E-state index is 14.6. The summed E-state index contributed by atoms with van der Waals surface area (Å²) in [6.07, 6.45) is 49.0. The predicted octanol–water partition coefficient (Wildman–Crippen LogP) is 19.8. The molecule has 0 bridgehead atoms. The number of aryl methyl sites for hydroxylation is 5. The molecule has 17 heterocycles. The molecule has 10 saturated heterocycles. The number of rotatable bonds is 18. The molecular formula is C110H135Cl2FN28O. The van der Waals surface area contributed by atoms with Gasteiger partial charge in [-0.15, -0.1) is 0 Å². The van der Waals surface area contributed by atoms with Crippen LogP contribution in [0.25, 0.3) is 4.85 Å². The average molecular weight is 1960 g/mol. The molecule has 0 radical (unpaired) electrons. The third kappa shape index (κ3) is 26.8. The van der Waals surface area contributed by atoms with Crippen LogP contribution in [0.5, 0.6) is 0 Å². The predicted molar refractivity (Wildman–Crippen MR) is 559 cm³/mol. The van der Waals surface area contributed by atoms with E-state index in [4.69, 9.17) is 45.6 Å². The van der Waals surface area contributed by atoms with Crippen molar-refractivity contribution in [3.05, 3.63) is 219 Å². The van der Waals surface area contributed by atoms with Gasteiger partial charge in [-0.25, -0.2) is 79.0 Å². The Kier molecular flexibility index (Phi) is 34.7. The highest BCUT2D eigenvalue weighted by atomic mass is 35.5. The fourth-order valence-corrected chi connectivity index (χ4v) is 23.5.